The molecule has 1 aliphatic heterocycles. The Balaban J connectivity index is 1.88. The van der Waals surface area contributed by atoms with Crippen LogP contribution in [-0.2, 0) is 31.1 Å². The summed E-state index contributed by atoms with van der Waals surface area (Å²) in [6.45, 7) is 8.32. The topological polar surface area (TPSA) is 88.4 Å². The van der Waals surface area contributed by atoms with Crippen LogP contribution in [0.4, 0.5) is 8.78 Å². The van der Waals surface area contributed by atoms with Crippen LogP contribution in [0.15, 0.2) is 66.7 Å². The summed E-state index contributed by atoms with van der Waals surface area (Å²) in [5.74, 6) is -4.35. The minimum atomic E-state index is -1.93. The average Bonchev–Trinajstić information content (AvgIpc) is 3.26. The molecular formula is C34H34Cl2F2N2O4. The molecule has 232 valence electrons. The highest BCUT2D eigenvalue weighted by Gasteiger charge is 2.62. The molecule has 1 N–H and O–H groups in total. The number of ether oxygens (including phenoxy) is 2. The third kappa shape index (κ3) is 6.76. The Bertz CT molecular complexity index is 1590. The van der Waals surface area contributed by atoms with Gasteiger partial charge in [-0.05, 0) is 70.4 Å². The lowest BCUT2D eigenvalue weighted by atomic mass is 9.62. The molecule has 4 atom stereocenters. The number of hydrogen-bond acceptors (Lipinski definition) is 6. The predicted molar refractivity (Wildman–Crippen MR) is 164 cm³/mol. The number of nitrogens with one attached hydrogen (secondary N) is 1. The maximum absolute atomic E-state index is 15.9. The van der Waals surface area contributed by atoms with Crippen molar-refractivity contribution >= 4 is 35.1 Å². The van der Waals surface area contributed by atoms with Crippen LogP contribution in [-0.4, -0.2) is 29.6 Å². The molecule has 3 aromatic carbocycles. The second kappa shape index (κ2) is 12.8. The fourth-order valence-corrected chi connectivity index (χ4v) is 6.14. The summed E-state index contributed by atoms with van der Waals surface area (Å²) in [5, 5.41) is 14.0. The summed E-state index contributed by atoms with van der Waals surface area (Å²) in [6.07, 6.45) is -0.0891. The van der Waals surface area contributed by atoms with Crippen LogP contribution in [0.3, 0.4) is 0 Å². The van der Waals surface area contributed by atoms with E-state index in [-0.39, 0.29) is 34.2 Å². The molecule has 0 bridgehead atoms. The molecule has 44 heavy (non-hydrogen) atoms. The Hall–Kier alpha value is -3.51. The number of benzene rings is 3. The molecule has 0 amide bonds. The predicted octanol–water partition coefficient (Wildman–Crippen LogP) is 7.66. The van der Waals surface area contributed by atoms with Gasteiger partial charge < -0.3 is 9.47 Å². The van der Waals surface area contributed by atoms with Crippen LogP contribution in [0.2, 0.25) is 10.0 Å². The normalized spacial score (nSPS) is 21.9. The van der Waals surface area contributed by atoms with Crippen LogP contribution in [0, 0.1) is 28.4 Å². The summed E-state index contributed by atoms with van der Waals surface area (Å²) in [6, 6.07) is 17.1. The molecule has 1 heterocycles. The van der Waals surface area contributed by atoms with Crippen LogP contribution in [0.5, 0.6) is 0 Å². The number of esters is 2. The van der Waals surface area contributed by atoms with Gasteiger partial charge in [0.2, 0.25) is 0 Å². The molecule has 1 aliphatic rings. The summed E-state index contributed by atoms with van der Waals surface area (Å²) >= 11 is 12.3. The monoisotopic (exact) mass is 642 g/mol. The van der Waals surface area contributed by atoms with Gasteiger partial charge >= 0.3 is 11.9 Å². The number of nitrogens with zero attached hydrogens (tertiary/aromatic N) is 1. The molecule has 3 aromatic rings. The Morgan fingerprint density at radius 3 is 2.30 bits per heavy atom. The zero-order chi connectivity index (χ0) is 32.4. The first-order valence-corrected chi connectivity index (χ1v) is 14.9. The molecule has 0 saturated carbocycles. The molecule has 0 spiro atoms. The van der Waals surface area contributed by atoms with Crippen LogP contribution in [0.1, 0.15) is 63.6 Å². The van der Waals surface area contributed by atoms with Gasteiger partial charge in [0.15, 0.2) is 0 Å². The molecule has 4 rings (SSSR count). The smallest absolute Gasteiger partial charge is 0.324 e. The second-order valence-electron chi connectivity index (χ2n) is 12.6. The zero-order valence-electron chi connectivity index (χ0n) is 25.1. The fraction of sp³-hybridized carbons (Fsp3) is 0.382. The second-order valence-corrected chi connectivity index (χ2v) is 13.4. The third-order valence-electron chi connectivity index (χ3n) is 7.77. The molecule has 0 aromatic heterocycles. The number of halogens is 4. The number of hydrogen-bond donors (Lipinski definition) is 1. The van der Waals surface area contributed by atoms with E-state index >= 15 is 8.78 Å². The first-order chi connectivity index (χ1) is 20.6. The minimum Gasteiger partial charge on any atom is -0.460 e. The summed E-state index contributed by atoms with van der Waals surface area (Å²) in [5.41, 5.74) is -3.52. The van der Waals surface area contributed by atoms with Gasteiger partial charge in [-0.1, -0.05) is 71.7 Å². The summed E-state index contributed by atoms with van der Waals surface area (Å²) in [7, 11) is 0. The van der Waals surface area contributed by atoms with E-state index in [4.69, 9.17) is 32.7 Å². The summed E-state index contributed by atoms with van der Waals surface area (Å²) < 4.78 is 43.1. The van der Waals surface area contributed by atoms with E-state index in [9.17, 15) is 14.9 Å². The van der Waals surface area contributed by atoms with Gasteiger partial charge in [0, 0.05) is 22.5 Å². The summed E-state index contributed by atoms with van der Waals surface area (Å²) in [4.78, 5) is 27.2. The highest BCUT2D eigenvalue weighted by atomic mass is 35.5. The van der Waals surface area contributed by atoms with Crippen molar-refractivity contribution in [3.8, 4) is 6.07 Å². The van der Waals surface area contributed by atoms with Crippen molar-refractivity contribution < 1.29 is 27.8 Å². The maximum atomic E-state index is 15.9. The van der Waals surface area contributed by atoms with Crippen molar-refractivity contribution in [1.29, 1.82) is 5.26 Å². The average molecular weight is 644 g/mol. The van der Waals surface area contributed by atoms with Gasteiger partial charge in [0.1, 0.15) is 35.3 Å². The number of carbonyl (C=O) groups is 2. The van der Waals surface area contributed by atoms with Gasteiger partial charge in [-0.2, -0.15) is 5.26 Å². The highest BCUT2D eigenvalue weighted by Crippen LogP contribution is 2.53. The van der Waals surface area contributed by atoms with Gasteiger partial charge in [0.05, 0.1) is 16.5 Å². The largest absolute Gasteiger partial charge is 0.460 e. The first-order valence-electron chi connectivity index (χ1n) is 14.1. The van der Waals surface area contributed by atoms with Crippen molar-refractivity contribution in [3.05, 3.63) is 105 Å². The SMILES string of the molecule is CC(C)(C)OC(=O)C1NC(CC(C)(C)C(=O)OCc2ccccc2)C(C#N)(c2ccc(Cl)cc2F)C1c1cccc(Cl)c1F. The molecule has 1 saturated heterocycles. The molecule has 0 radical (unpaired) electrons. The van der Waals surface area contributed by atoms with Crippen LogP contribution in [0.25, 0.3) is 0 Å². The molecule has 4 unspecified atom stereocenters. The minimum absolute atomic E-state index is 0.0211. The van der Waals surface area contributed by atoms with Gasteiger partial charge in [-0.3, -0.25) is 14.9 Å². The molecule has 10 heteroatoms. The van der Waals surface area contributed by atoms with E-state index in [0.29, 0.717) is 0 Å². The lowest BCUT2D eigenvalue weighted by molar-refractivity contribution is -0.157. The molecule has 1 fully saturated rings. The van der Waals surface area contributed by atoms with Crippen molar-refractivity contribution in [3.63, 3.8) is 0 Å². The third-order valence-corrected chi connectivity index (χ3v) is 8.30. The van der Waals surface area contributed by atoms with E-state index < -0.39 is 58.0 Å². The van der Waals surface area contributed by atoms with Crippen molar-refractivity contribution in [2.75, 3.05) is 0 Å². The Morgan fingerprint density at radius 2 is 1.68 bits per heavy atom. The van der Waals surface area contributed by atoms with Crippen molar-refractivity contribution in [1.82, 2.24) is 5.32 Å². The highest BCUT2D eigenvalue weighted by molar-refractivity contribution is 6.31. The van der Waals surface area contributed by atoms with Crippen molar-refractivity contribution in [2.24, 2.45) is 5.41 Å². The van der Waals surface area contributed by atoms with Crippen LogP contribution < -0.4 is 5.32 Å². The number of carbonyl (C=O) groups excluding carboxylic acids is 2. The van der Waals surface area contributed by atoms with E-state index in [0.717, 1.165) is 11.6 Å². The van der Waals surface area contributed by atoms with Crippen molar-refractivity contribution in [2.45, 2.75) is 76.7 Å². The maximum Gasteiger partial charge on any atom is 0.324 e. The molecular weight excluding hydrogens is 609 g/mol. The fourth-order valence-electron chi connectivity index (χ4n) is 5.80. The van der Waals surface area contributed by atoms with Gasteiger partial charge in [-0.25, -0.2) is 8.78 Å². The molecule has 6 nitrogen and oxygen atoms in total. The van der Waals surface area contributed by atoms with E-state index in [1.807, 2.05) is 30.3 Å². The Morgan fingerprint density at radius 1 is 1.00 bits per heavy atom. The van der Waals surface area contributed by atoms with E-state index in [1.165, 1.54) is 30.3 Å². The van der Waals surface area contributed by atoms with E-state index in [1.54, 1.807) is 34.6 Å². The quantitative estimate of drug-likeness (QED) is 0.254. The van der Waals surface area contributed by atoms with E-state index in [2.05, 4.69) is 11.4 Å². The Labute approximate surface area is 266 Å². The van der Waals surface area contributed by atoms with Gasteiger partial charge in [0.25, 0.3) is 0 Å². The lowest BCUT2D eigenvalue weighted by Crippen LogP contribution is -2.47. The standard InChI is InChI=1S/C34H34Cl2F2N2O4/c1-32(2,3)44-30(41)29-27(22-12-9-13-24(36)28(22)38)34(19-39,23-15-14-21(35)16-25(23)37)26(40-29)17-33(4,5)31(42)43-18-20-10-7-6-8-11-20/h6-16,26-27,29,40H,17-18H2,1-5H3. The van der Waals surface area contributed by atoms with Crippen LogP contribution >= 0.6 is 23.2 Å². The lowest BCUT2D eigenvalue weighted by Gasteiger charge is -2.37. The zero-order valence-corrected chi connectivity index (χ0v) is 26.6. The number of rotatable bonds is 8. The molecule has 0 aliphatic carbocycles. The number of nitriles is 1. The first kappa shape index (κ1) is 33.4. The Kier molecular flexibility index (Phi) is 9.75. The van der Waals surface area contributed by atoms with Gasteiger partial charge in [-0.15, -0.1) is 0 Å².